The van der Waals surface area contributed by atoms with Gasteiger partial charge in [0.2, 0.25) is 0 Å². The molecule has 0 bridgehead atoms. The maximum atomic E-state index is 3.76. The van der Waals surface area contributed by atoms with Crippen molar-refractivity contribution in [1.82, 2.24) is 5.32 Å². The van der Waals surface area contributed by atoms with Gasteiger partial charge in [0.15, 0.2) is 0 Å². The summed E-state index contributed by atoms with van der Waals surface area (Å²) in [6.07, 6.45) is 10.2. The largest absolute Gasteiger partial charge is 0.314 e. The first-order valence-corrected chi connectivity index (χ1v) is 7.31. The van der Waals surface area contributed by atoms with E-state index in [-0.39, 0.29) is 0 Å². The first-order chi connectivity index (χ1) is 7.57. The van der Waals surface area contributed by atoms with Gasteiger partial charge in [-0.15, -0.1) is 0 Å². The molecule has 0 aromatic carbocycles. The highest BCUT2D eigenvalue weighted by atomic mass is 14.9. The van der Waals surface area contributed by atoms with Gasteiger partial charge in [-0.1, -0.05) is 52.9 Å². The molecule has 1 N–H and O–H groups in total. The summed E-state index contributed by atoms with van der Waals surface area (Å²) in [4.78, 5) is 0. The average molecular weight is 223 g/mol. The Balaban J connectivity index is 1.89. The molecule has 0 radical (unpaired) electrons. The summed E-state index contributed by atoms with van der Waals surface area (Å²) in [6, 6.07) is 0.869. The molecule has 0 aliphatic heterocycles. The van der Waals surface area contributed by atoms with Crippen LogP contribution >= 0.6 is 0 Å². The van der Waals surface area contributed by atoms with E-state index in [1.54, 1.807) is 0 Å². The van der Waals surface area contributed by atoms with Crippen LogP contribution < -0.4 is 5.32 Å². The molecule has 1 nitrogen and oxygen atoms in total. The molecule has 1 atom stereocenters. The molecule has 1 unspecified atom stereocenters. The molecule has 2 saturated carbocycles. The van der Waals surface area contributed by atoms with Crippen molar-refractivity contribution in [3.8, 4) is 0 Å². The lowest BCUT2D eigenvalue weighted by Gasteiger charge is -2.39. The Morgan fingerprint density at radius 3 is 2.12 bits per heavy atom. The molecule has 2 aliphatic carbocycles. The molecule has 2 rings (SSSR count). The van der Waals surface area contributed by atoms with Crippen molar-refractivity contribution in [2.24, 2.45) is 17.3 Å². The second-order valence-corrected chi connectivity index (χ2v) is 7.05. The zero-order valence-electron chi connectivity index (χ0n) is 11.4. The summed E-state index contributed by atoms with van der Waals surface area (Å²) in [5.41, 5.74) is 0.476. The van der Waals surface area contributed by atoms with Crippen LogP contribution in [0.15, 0.2) is 0 Å². The number of nitrogens with one attached hydrogen (secondary N) is 1. The van der Waals surface area contributed by atoms with Crippen molar-refractivity contribution < 1.29 is 0 Å². The Labute approximate surface area is 101 Å². The number of rotatable bonds is 4. The molecule has 0 aromatic rings. The van der Waals surface area contributed by atoms with E-state index in [2.05, 4.69) is 26.1 Å². The van der Waals surface area contributed by atoms with Gasteiger partial charge in [0, 0.05) is 6.04 Å². The zero-order chi connectivity index (χ0) is 11.6. The van der Waals surface area contributed by atoms with E-state index in [9.17, 15) is 0 Å². The third-order valence-electron chi connectivity index (χ3n) is 4.54. The van der Waals surface area contributed by atoms with Crippen molar-refractivity contribution in [3.63, 3.8) is 0 Å². The van der Waals surface area contributed by atoms with E-state index in [1.807, 2.05) is 0 Å². The van der Waals surface area contributed by atoms with E-state index >= 15 is 0 Å². The van der Waals surface area contributed by atoms with Crippen LogP contribution in [0.1, 0.15) is 65.7 Å². The van der Waals surface area contributed by atoms with Crippen LogP contribution in [-0.4, -0.2) is 12.6 Å². The highest BCUT2D eigenvalue weighted by Gasteiger charge is 2.34. The Morgan fingerprint density at radius 1 is 1.00 bits per heavy atom. The molecule has 0 amide bonds. The van der Waals surface area contributed by atoms with Crippen LogP contribution in [0.25, 0.3) is 0 Å². The van der Waals surface area contributed by atoms with Crippen LogP contribution in [0.3, 0.4) is 0 Å². The second-order valence-electron chi connectivity index (χ2n) is 7.05. The molecule has 0 aromatic heterocycles. The first kappa shape index (κ1) is 12.4. The lowest BCUT2D eigenvalue weighted by atomic mass is 9.68. The van der Waals surface area contributed by atoms with Crippen molar-refractivity contribution in [1.29, 1.82) is 0 Å². The predicted molar refractivity (Wildman–Crippen MR) is 70.5 cm³/mol. The third-order valence-corrected chi connectivity index (χ3v) is 4.54. The topological polar surface area (TPSA) is 12.0 Å². The van der Waals surface area contributed by atoms with E-state index in [4.69, 9.17) is 0 Å². The molecule has 16 heavy (non-hydrogen) atoms. The summed E-state index contributed by atoms with van der Waals surface area (Å²) in [5.74, 6) is 1.87. The maximum Gasteiger partial charge on any atom is 0.00683 e. The summed E-state index contributed by atoms with van der Waals surface area (Å²) in [5, 5.41) is 3.76. The van der Waals surface area contributed by atoms with Crippen LogP contribution in [0, 0.1) is 17.3 Å². The van der Waals surface area contributed by atoms with Crippen LogP contribution in [-0.2, 0) is 0 Å². The highest BCUT2D eigenvalue weighted by molar-refractivity contribution is 4.88. The fourth-order valence-electron chi connectivity index (χ4n) is 3.30. The van der Waals surface area contributed by atoms with Crippen molar-refractivity contribution in [3.05, 3.63) is 0 Å². The van der Waals surface area contributed by atoms with Crippen LogP contribution in [0.4, 0.5) is 0 Å². The molecule has 0 spiro atoms. The van der Waals surface area contributed by atoms with Gasteiger partial charge in [-0.2, -0.15) is 0 Å². The van der Waals surface area contributed by atoms with Crippen molar-refractivity contribution >= 4 is 0 Å². The number of hydrogen-bond donors (Lipinski definition) is 1. The summed E-state index contributed by atoms with van der Waals surface area (Å²) >= 11 is 0. The van der Waals surface area contributed by atoms with Gasteiger partial charge in [-0.3, -0.25) is 0 Å². The van der Waals surface area contributed by atoms with Crippen molar-refractivity contribution in [2.75, 3.05) is 6.54 Å². The monoisotopic (exact) mass is 223 g/mol. The van der Waals surface area contributed by atoms with Gasteiger partial charge in [-0.05, 0) is 36.6 Å². The fourth-order valence-corrected chi connectivity index (χ4v) is 3.30. The first-order valence-electron chi connectivity index (χ1n) is 7.31. The molecule has 1 heteroatoms. The van der Waals surface area contributed by atoms with E-state index in [0.717, 1.165) is 17.9 Å². The molecule has 94 valence electrons. The average Bonchev–Trinajstić information content (AvgIpc) is 3.01. The molecular formula is C15H29N. The SMILES string of the molecule is CC(C)(C)C(CNC1CC1)C1CCCCC1. The molecule has 2 fully saturated rings. The second kappa shape index (κ2) is 5.08. The van der Waals surface area contributed by atoms with Gasteiger partial charge in [-0.25, -0.2) is 0 Å². The maximum absolute atomic E-state index is 3.76. The normalized spacial score (nSPS) is 25.7. The smallest absolute Gasteiger partial charge is 0.00683 e. The molecular weight excluding hydrogens is 194 g/mol. The minimum atomic E-state index is 0.476. The lowest BCUT2D eigenvalue weighted by molar-refractivity contribution is 0.122. The predicted octanol–water partition coefficient (Wildman–Crippen LogP) is 3.98. The van der Waals surface area contributed by atoms with Crippen molar-refractivity contribution in [2.45, 2.75) is 71.8 Å². The molecule has 0 heterocycles. The van der Waals surface area contributed by atoms with Gasteiger partial charge >= 0.3 is 0 Å². The standard InChI is InChI=1S/C15H29N/c1-15(2,3)14(11-16-13-9-10-13)12-7-5-4-6-8-12/h12-14,16H,4-11H2,1-3H3. The van der Waals surface area contributed by atoms with Gasteiger partial charge in [0.25, 0.3) is 0 Å². The highest BCUT2D eigenvalue weighted by Crippen LogP contribution is 2.39. The molecule has 2 aliphatic rings. The Kier molecular flexibility index (Phi) is 3.94. The van der Waals surface area contributed by atoms with Crippen LogP contribution in [0.2, 0.25) is 0 Å². The Hall–Kier alpha value is -0.0400. The quantitative estimate of drug-likeness (QED) is 0.760. The van der Waals surface area contributed by atoms with E-state index in [0.29, 0.717) is 5.41 Å². The summed E-state index contributed by atoms with van der Waals surface area (Å²) < 4.78 is 0. The van der Waals surface area contributed by atoms with Gasteiger partial charge in [0.1, 0.15) is 0 Å². The van der Waals surface area contributed by atoms with Gasteiger partial charge < -0.3 is 5.32 Å². The lowest BCUT2D eigenvalue weighted by Crippen LogP contribution is -2.38. The fraction of sp³-hybridized carbons (Fsp3) is 1.00. The Bertz CT molecular complexity index is 206. The zero-order valence-corrected chi connectivity index (χ0v) is 11.4. The minimum absolute atomic E-state index is 0.476. The number of hydrogen-bond acceptors (Lipinski definition) is 1. The van der Waals surface area contributed by atoms with Crippen LogP contribution in [0.5, 0.6) is 0 Å². The third kappa shape index (κ3) is 3.48. The van der Waals surface area contributed by atoms with E-state index in [1.165, 1.54) is 51.5 Å². The summed E-state index contributed by atoms with van der Waals surface area (Å²) in [7, 11) is 0. The Morgan fingerprint density at radius 2 is 1.62 bits per heavy atom. The minimum Gasteiger partial charge on any atom is -0.314 e. The molecule has 0 saturated heterocycles. The summed E-state index contributed by atoms with van der Waals surface area (Å²) in [6.45, 7) is 8.56. The van der Waals surface area contributed by atoms with Gasteiger partial charge in [0.05, 0.1) is 0 Å². The van der Waals surface area contributed by atoms with E-state index < -0.39 is 0 Å².